The molecule has 1 atom stereocenters. The number of nitro groups is 1. The fraction of sp³-hybridized carbons (Fsp3) is 0.167. The van der Waals surface area contributed by atoms with Gasteiger partial charge < -0.3 is 10.4 Å². The standard InChI is InChI=1S/C12H9BrN2O5/c1-2-3-9(12(17)18)14-11(16)7-4-5-8(13)10(6-7)15(19)20/h1,4-6,9H,3H2,(H,14,16)(H,17,18). The predicted molar refractivity (Wildman–Crippen MR) is 73.1 cm³/mol. The molecule has 104 valence electrons. The lowest BCUT2D eigenvalue weighted by atomic mass is 10.1. The number of nitrogens with one attached hydrogen (secondary N) is 1. The van der Waals surface area contributed by atoms with Crippen LogP contribution < -0.4 is 5.32 Å². The molecule has 1 amide bonds. The zero-order valence-corrected chi connectivity index (χ0v) is 11.6. The first-order valence-corrected chi connectivity index (χ1v) is 6.07. The van der Waals surface area contributed by atoms with Crippen molar-refractivity contribution in [1.29, 1.82) is 0 Å². The van der Waals surface area contributed by atoms with Gasteiger partial charge in [-0.3, -0.25) is 14.9 Å². The van der Waals surface area contributed by atoms with Gasteiger partial charge in [-0.1, -0.05) is 0 Å². The third-order valence-corrected chi connectivity index (χ3v) is 3.00. The number of benzene rings is 1. The Morgan fingerprint density at radius 1 is 1.55 bits per heavy atom. The maximum absolute atomic E-state index is 11.8. The minimum absolute atomic E-state index is 0.0248. The molecule has 0 spiro atoms. The summed E-state index contributed by atoms with van der Waals surface area (Å²) in [6.45, 7) is 0. The fourth-order valence-corrected chi connectivity index (χ4v) is 1.74. The summed E-state index contributed by atoms with van der Waals surface area (Å²) in [4.78, 5) is 32.8. The second-order valence-corrected chi connectivity index (χ2v) is 4.55. The van der Waals surface area contributed by atoms with Crippen LogP contribution in [0.2, 0.25) is 0 Å². The lowest BCUT2D eigenvalue weighted by Gasteiger charge is -2.11. The Hall–Kier alpha value is -2.40. The summed E-state index contributed by atoms with van der Waals surface area (Å²) in [5, 5.41) is 21.8. The third-order valence-electron chi connectivity index (χ3n) is 2.33. The highest BCUT2D eigenvalue weighted by molar-refractivity contribution is 9.10. The van der Waals surface area contributed by atoms with Crippen molar-refractivity contribution in [1.82, 2.24) is 5.32 Å². The lowest BCUT2D eigenvalue weighted by Crippen LogP contribution is -2.40. The summed E-state index contributed by atoms with van der Waals surface area (Å²) in [6, 6.07) is 2.48. The zero-order chi connectivity index (χ0) is 15.3. The summed E-state index contributed by atoms with van der Waals surface area (Å²) >= 11 is 2.99. The zero-order valence-electron chi connectivity index (χ0n) is 10.00. The number of nitrogens with zero attached hydrogens (tertiary/aromatic N) is 1. The first-order valence-electron chi connectivity index (χ1n) is 5.28. The number of nitro benzene ring substituents is 1. The second kappa shape index (κ2) is 6.68. The number of hydrogen-bond acceptors (Lipinski definition) is 4. The van der Waals surface area contributed by atoms with Gasteiger partial charge in [-0.05, 0) is 28.1 Å². The monoisotopic (exact) mass is 340 g/mol. The number of carboxylic acids is 1. The number of carbonyl (C=O) groups is 2. The number of rotatable bonds is 5. The molecule has 1 aromatic rings. The molecule has 0 saturated carbocycles. The number of aliphatic carboxylic acids is 1. The Bertz CT molecular complexity index is 608. The highest BCUT2D eigenvalue weighted by Gasteiger charge is 2.21. The molecule has 0 bridgehead atoms. The topological polar surface area (TPSA) is 110 Å². The molecule has 0 aliphatic heterocycles. The molecule has 0 aromatic heterocycles. The predicted octanol–water partition coefficient (Wildman–Crippen LogP) is 1.56. The molecule has 0 aliphatic rings. The van der Waals surface area contributed by atoms with Crippen LogP contribution in [0.5, 0.6) is 0 Å². The van der Waals surface area contributed by atoms with Crippen LogP contribution in [0.1, 0.15) is 16.8 Å². The van der Waals surface area contributed by atoms with E-state index in [9.17, 15) is 19.7 Å². The van der Waals surface area contributed by atoms with Crippen LogP contribution in [0.4, 0.5) is 5.69 Å². The summed E-state index contributed by atoms with van der Waals surface area (Å²) in [6.07, 6.45) is 4.82. The van der Waals surface area contributed by atoms with Crippen LogP contribution in [0.3, 0.4) is 0 Å². The average molecular weight is 341 g/mol. The van der Waals surface area contributed by atoms with Gasteiger partial charge in [-0.25, -0.2) is 4.79 Å². The number of carboxylic acid groups (broad SMARTS) is 1. The number of hydrogen-bond donors (Lipinski definition) is 2. The van der Waals surface area contributed by atoms with Gasteiger partial charge in [0.25, 0.3) is 11.6 Å². The molecule has 7 nitrogen and oxygen atoms in total. The van der Waals surface area contributed by atoms with Gasteiger partial charge in [0.2, 0.25) is 0 Å². The van der Waals surface area contributed by atoms with E-state index in [0.717, 1.165) is 6.07 Å². The molecule has 0 fully saturated rings. The third kappa shape index (κ3) is 3.80. The summed E-state index contributed by atoms with van der Waals surface area (Å²) in [5.41, 5.74) is -0.315. The van der Waals surface area contributed by atoms with Crippen molar-refractivity contribution in [2.24, 2.45) is 0 Å². The summed E-state index contributed by atoms with van der Waals surface area (Å²) in [5.74, 6) is 0.111. The van der Waals surface area contributed by atoms with Crippen molar-refractivity contribution in [2.45, 2.75) is 12.5 Å². The molecule has 1 rings (SSSR count). The van der Waals surface area contributed by atoms with Crippen molar-refractivity contribution in [2.75, 3.05) is 0 Å². The van der Waals surface area contributed by atoms with Gasteiger partial charge in [-0.2, -0.15) is 0 Å². The van der Waals surface area contributed by atoms with Crippen molar-refractivity contribution in [3.63, 3.8) is 0 Å². The van der Waals surface area contributed by atoms with E-state index in [2.05, 4.69) is 27.2 Å². The van der Waals surface area contributed by atoms with Crippen LogP contribution in [-0.4, -0.2) is 27.9 Å². The molecule has 0 radical (unpaired) electrons. The Kier molecular flexibility index (Phi) is 5.23. The van der Waals surface area contributed by atoms with E-state index in [0.29, 0.717) is 0 Å². The number of carbonyl (C=O) groups excluding carboxylic acids is 1. The molecule has 0 aliphatic carbocycles. The number of halogens is 1. The molecule has 0 saturated heterocycles. The van der Waals surface area contributed by atoms with E-state index >= 15 is 0 Å². The first kappa shape index (κ1) is 15.7. The molecule has 20 heavy (non-hydrogen) atoms. The Labute approximate surface area is 122 Å². The molecular formula is C12H9BrN2O5. The van der Waals surface area contributed by atoms with Crippen molar-refractivity contribution >= 4 is 33.5 Å². The molecular weight excluding hydrogens is 332 g/mol. The van der Waals surface area contributed by atoms with E-state index < -0.39 is 22.8 Å². The van der Waals surface area contributed by atoms with Crippen LogP contribution in [0, 0.1) is 22.5 Å². The SMILES string of the molecule is C#CCC(NC(=O)c1ccc(Br)c([N+](=O)[O-])c1)C(=O)O. The van der Waals surface area contributed by atoms with Gasteiger partial charge >= 0.3 is 5.97 Å². The maximum atomic E-state index is 11.8. The molecule has 1 unspecified atom stereocenters. The van der Waals surface area contributed by atoms with E-state index in [1.165, 1.54) is 12.1 Å². The fourth-order valence-electron chi connectivity index (χ4n) is 1.35. The van der Waals surface area contributed by atoms with Crippen molar-refractivity contribution < 1.29 is 19.6 Å². The first-order chi connectivity index (χ1) is 9.36. The van der Waals surface area contributed by atoms with E-state index in [1.807, 2.05) is 0 Å². The summed E-state index contributed by atoms with van der Waals surface area (Å²) < 4.78 is 0.220. The van der Waals surface area contributed by atoms with Gasteiger partial charge in [0.1, 0.15) is 6.04 Å². The van der Waals surface area contributed by atoms with Crippen LogP contribution in [0.15, 0.2) is 22.7 Å². The largest absolute Gasteiger partial charge is 0.480 e. The smallest absolute Gasteiger partial charge is 0.327 e. The van der Waals surface area contributed by atoms with Crippen molar-refractivity contribution in [3.05, 3.63) is 38.3 Å². The van der Waals surface area contributed by atoms with Crippen LogP contribution in [-0.2, 0) is 4.79 Å². The average Bonchev–Trinajstić information content (AvgIpc) is 2.38. The Balaban J connectivity index is 2.98. The minimum Gasteiger partial charge on any atom is -0.480 e. The lowest BCUT2D eigenvalue weighted by molar-refractivity contribution is -0.385. The number of amides is 1. The molecule has 2 N–H and O–H groups in total. The van der Waals surface area contributed by atoms with Crippen LogP contribution in [0.25, 0.3) is 0 Å². The minimum atomic E-state index is -1.28. The van der Waals surface area contributed by atoms with E-state index in [-0.39, 0.29) is 22.1 Å². The highest BCUT2D eigenvalue weighted by atomic mass is 79.9. The van der Waals surface area contributed by atoms with Gasteiger partial charge in [0.05, 0.1) is 9.40 Å². The van der Waals surface area contributed by atoms with E-state index in [4.69, 9.17) is 11.5 Å². The van der Waals surface area contributed by atoms with Gasteiger partial charge in [0.15, 0.2) is 0 Å². The van der Waals surface area contributed by atoms with E-state index in [1.54, 1.807) is 0 Å². The van der Waals surface area contributed by atoms with Crippen LogP contribution >= 0.6 is 15.9 Å². The molecule has 0 heterocycles. The second-order valence-electron chi connectivity index (χ2n) is 3.70. The van der Waals surface area contributed by atoms with Crippen molar-refractivity contribution in [3.8, 4) is 12.3 Å². The van der Waals surface area contributed by atoms with Gasteiger partial charge in [0, 0.05) is 18.1 Å². The normalized spacial score (nSPS) is 11.2. The Morgan fingerprint density at radius 3 is 2.70 bits per heavy atom. The molecule has 8 heteroatoms. The number of terminal acetylenes is 1. The highest BCUT2D eigenvalue weighted by Crippen LogP contribution is 2.25. The van der Waals surface area contributed by atoms with Gasteiger partial charge in [-0.15, -0.1) is 12.3 Å². The summed E-state index contributed by atoms with van der Waals surface area (Å²) in [7, 11) is 0. The Morgan fingerprint density at radius 2 is 2.20 bits per heavy atom. The molecule has 1 aromatic carbocycles. The maximum Gasteiger partial charge on any atom is 0.327 e. The quantitative estimate of drug-likeness (QED) is 0.480.